The summed E-state index contributed by atoms with van der Waals surface area (Å²) in [5.74, 6) is 0.279. The molecule has 2 aromatic rings. The van der Waals surface area contributed by atoms with Gasteiger partial charge >= 0.3 is 0 Å². The number of rotatable bonds is 2. The average molecular weight is 308 g/mol. The Balaban J connectivity index is 1.79. The Bertz CT molecular complexity index is 705. The maximum atomic E-state index is 13.1. The lowest BCUT2D eigenvalue weighted by Crippen LogP contribution is -2.16. The minimum Gasteiger partial charge on any atom is -0.486 e. The number of hydrogen-bond donors (Lipinski definition) is 1. The molecule has 0 aromatic heterocycles. The smallest absolute Gasteiger partial charge is 0.255 e. The minimum atomic E-state index is -0.562. The number of ether oxygens (including phenoxy) is 2. The molecule has 2 aromatic carbocycles. The van der Waals surface area contributed by atoms with Crippen molar-refractivity contribution in [2.45, 2.75) is 0 Å². The minimum absolute atomic E-state index is 0.0928. The third-order valence-corrected chi connectivity index (χ3v) is 3.27. The number of halogens is 2. The lowest BCUT2D eigenvalue weighted by atomic mass is 10.2. The van der Waals surface area contributed by atoms with E-state index in [4.69, 9.17) is 21.1 Å². The summed E-state index contributed by atoms with van der Waals surface area (Å²) in [6.45, 7) is 0.977. The van der Waals surface area contributed by atoms with Crippen molar-refractivity contribution in [1.29, 1.82) is 0 Å². The van der Waals surface area contributed by atoms with Crippen molar-refractivity contribution < 1.29 is 18.7 Å². The molecule has 4 nitrogen and oxygen atoms in total. The van der Waals surface area contributed by atoms with E-state index in [9.17, 15) is 9.18 Å². The van der Waals surface area contributed by atoms with E-state index in [0.29, 0.717) is 30.4 Å². The second kappa shape index (κ2) is 5.61. The number of nitrogens with one attached hydrogen (secondary N) is 1. The van der Waals surface area contributed by atoms with Gasteiger partial charge in [0.2, 0.25) is 0 Å². The second-order valence-electron chi connectivity index (χ2n) is 4.44. The van der Waals surface area contributed by atoms with Gasteiger partial charge in [-0.05, 0) is 30.3 Å². The van der Waals surface area contributed by atoms with Gasteiger partial charge in [-0.2, -0.15) is 0 Å². The summed E-state index contributed by atoms with van der Waals surface area (Å²) in [6, 6.07) is 8.91. The molecule has 1 heterocycles. The molecule has 1 aliphatic rings. The molecule has 0 bridgehead atoms. The zero-order valence-corrected chi connectivity index (χ0v) is 11.6. The number of anilines is 1. The van der Waals surface area contributed by atoms with Gasteiger partial charge in [0, 0.05) is 17.3 Å². The quantitative estimate of drug-likeness (QED) is 0.923. The third kappa shape index (κ3) is 2.92. The monoisotopic (exact) mass is 307 g/mol. The summed E-state index contributed by atoms with van der Waals surface area (Å²) in [4.78, 5) is 12.1. The molecule has 0 aliphatic carbocycles. The van der Waals surface area contributed by atoms with Crippen LogP contribution in [0.25, 0.3) is 0 Å². The Morgan fingerprint density at radius 3 is 2.62 bits per heavy atom. The van der Waals surface area contributed by atoms with Gasteiger partial charge in [-0.3, -0.25) is 4.79 Å². The highest BCUT2D eigenvalue weighted by atomic mass is 35.5. The molecule has 21 heavy (non-hydrogen) atoms. The third-order valence-electron chi connectivity index (χ3n) is 2.98. The average Bonchev–Trinajstić information content (AvgIpc) is 2.50. The number of hydrogen-bond acceptors (Lipinski definition) is 3. The van der Waals surface area contributed by atoms with Crippen molar-refractivity contribution in [2.75, 3.05) is 18.5 Å². The van der Waals surface area contributed by atoms with Crippen LogP contribution in [-0.4, -0.2) is 19.1 Å². The van der Waals surface area contributed by atoms with Crippen LogP contribution in [-0.2, 0) is 0 Å². The van der Waals surface area contributed by atoms with Crippen molar-refractivity contribution in [2.24, 2.45) is 0 Å². The predicted octanol–water partition coefficient (Wildman–Crippen LogP) is 3.50. The van der Waals surface area contributed by atoms with Crippen molar-refractivity contribution >= 4 is 23.2 Å². The van der Waals surface area contributed by atoms with Gasteiger partial charge in [0.1, 0.15) is 19.0 Å². The van der Waals surface area contributed by atoms with Crippen molar-refractivity contribution in [3.8, 4) is 11.5 Å². The summed E-state index contributed by atoms with van der Waals surface area (Å²) in [5, 5.41) is 2.61. The first-order valence-electron chi connectivity index (χ1n) is 6.29. The Morgan fingerprint density at radius 1 is 1.10 bits per heavy atom. The summed E-state index contributed by atoms with van der Waals surface area (Å²) < 4.78 is 23.9. The molecule has 0 saturated carbocycles. The van der Waals surface area contributed by atoms with Crippen LogP contribution in [0.5, 0.6) is 11.5 Å². The van der Waals surface area contributed by atoms with E-state index >= 15 is 0 Å². The van der Waals surface area contributed by atoms with Crippen LogP contribution in [0, 0.1) is 5.82 Å². The van der Waals surface area contributed by atoms with E-state index < -0.39 is 5.82 Å². The van der Waals surface area contributed by atoms with E-state index in [1.165, 1.54) is 12.1 Å². The summed E-state index contributed by atoms with van der Waals surface area (Å²) in [5.41, 5.74) is 0.834. The van der Waals surface area contributed by atoms with E-state index in [1.54, 1.807) is 18.2 Å². The van der Waals surface area contributed by atoms with Gasteiger partial charge in [-0.25, -0.2) is 4.39 Å². The number of carbonyl (C=O) groups excluding carboxylic acids is 1. The molecule has 6 heteroatoms. The van der Waals surface area contributed by atoms with Crippen LogP contribution in [0.2, 0.25) is 5.02 Å². The number of carbonyl (C=O) groups is 1. The molecular formula is C15H11ClFNO3. The van der Waals surface area contributed by atoms with Crippen LogP contribution in [0.3, 0.4) is 0 Å². The molecule has 0 saturated heterocycles. The summed E-state index contributed by atoms with van der Waals surface area (Å²) in [7, 11) is 0. The fourth-order valence-electron chi connectivity index (χ4n) is 1.96. The van der Waals surface area contributed by atoms with Crippen LogP contribution < -0.4 is 14.8 Å². The van der Waals surface area contributed by atoms with E-state index in [1.807, 2.05) is 0 Å². The van der Waals surface area contributed by atoms with Gasteiger partial charge in [0.05, 0.1) is 5.02 Å². The molecule has 0 atom stereocenters. The molecule has 1 amide bonds. The van der Waals surface area contributed by atoms with Gasteiger partial charge in [-0.1, -0.05) is 11.6 Å². The van der Waals surface area contributed by atoms with Crippen LogP contribution in [0.1, 0.15) is 10.4 Å². The second-order valence-corrected chi connectivity index (χ2v) is 4.85. The zero-order chi connectivity index (χ0) is 14.8. The van der Waals surface area contributed by atoms with Gasteiger partial charge in [0.25, 0.3) is 5.91 Å². The van der Waals surface area contributed by atoms with Crippen molar-refractivity contribution in [3.63, 3.8) is 0 Å². The van der Waals surface area contributed by atoms with E-state index in [-0.39, 0.29) is 16.5 Å². The maximum Gasteiger partial charge on any atom is 0.255 e. The first-order chi connectivity index (χ1) is 10.1. The highest BCUT2D eigenvalue weighted by Crippen LogP contribution is 2.32. The maximum absolute atomic E-state index is 13.1. The first-order valence-corrected chi connectivity index (χ1v) is 6.67. The molecule has 0 spiro atoms. The number of benzene rings is 2. The molecule has 1 N–H and O–H groups in total. The molecule has 0 unspecified atom stereocenters. The highest BCUT2D eigenvalue weighted by Gasteiger charge is 2.14. The topological polar surface area (TPSA) is 47.6 Å². The lowest BCUT2D eigenvalue weighted by Gasteiger charge is -2.19. The molecule has 0 radical (unpaired) electrons. The number of fused-ring (bicyclic) bond motifs is 1. The standard InChI is InChI=1S/C15H11ClFNO3/c16-11-7-9(1-3-12(11)17)15(19)18-10-2-4-13-14(8-10)21-6-5-20-13/h1-4,7-8H,5-6H2,(H,18,19). The Kier molecular flexibility index (Phi) is 3.66. The van der Waals surface area contributed by atoms with Gasteiger partial charge in [-0.15, -0.1) is 0 Å². The fourth-order valence-corrected chi connectivity index (χ4v) is 2.14. The molecule has 1 aliphatic heterocycles. The molecular weight excluding hydrogens is 297 g/mol. The first kappa shape index (κ1) is 13.7. The predicted molar refractivity (Wildman–Crippen MR) is 76.8 cm³/mol. The SMILES string of the molecule is O=C(Nc1ccc2c(c1)OCCO2)c1ccc(F)c(Cl)c1. The Hall–Kier alpha value is -2.27. The largest absolute Gasteiger partial charge is 0.486 e. The number of amides is 1. The summed E-state index contributed by atoms with van der Waals surface area (Å²) >= 11 is 5.66. The van der Waals surface area contributed by atoms with Crippen LogP contribution in [0.4, 0.5) is 10.1 Å². The van der Waals surface area contributed by atoms with Crippen LogP contribution in [0.15, 0.2) is 36.4 Å². The van der Waals surface area contributed by atoms with Gasteiger partial charge in [0.15, 0.2) is 11.5 Å². The molecule has 3 rings (SSSR count). The van der Waals surface area contributed by atoms with E-state index in [0.717, 1.165) is 6.07 Å². The lowest BCUT2D eigenvalue weighted by molar-refractivity contribution is 0.102. The zero-order valence-electron chi connectivity index (χ0n) is 10.9. The summed E-state index contributed by atoms with van der Waals surface area (Å²) in [6.07, 6.45) is 0. The molecule has 108 valence electrons. The fraction of sp³-hybridized carbons (Fsp3) is 0.133. The Morgan fingerprint density at radius 2 is 1.86 bits per heavy atom. The Labute approximate surface area is 125 Å². The van der Waals surface area contributed by atoms with Crippen molar-refractivity contribution in [3.05, 3.63) is 52.8 Å². The normalized spacial score (nSPS) is 12.9. The van der Waals surface area contributed by atoms with Crippen molar-refractivity contribution in [1.82, 2.24) is 0 Å². The highest BCUT2D eigenvalue weighted by molar-refractivity contribution is 6.31. The molecule has 0 fully saturated rings. The van der Waals surface area contributed by atoms with Crippen LogP contribution >= 0.6 is 11.6 Å². The van der Waals surface area contributed by atoms with E-state index in [2.05, 4.69) is 5.32 Å². The van der Waals surface area contributed by atoms with Gasteiger partial charge < -0.3 is 14.8 Å².